The molecule has 1 saturated carbocycles. The molecule has 0 radical (unpaired) electrons. The SMILES string of the molecule is CC1CCCC1C(=O)Nc1cccc2c1CNCC2. The number of amides is 1. The van der Waals surface area contributed by atoms with Crippen molar-refractivity contribution >= 4 is 11.6 Å². The molecule has 1 amide bonds. The van der Waals surface area contributed by atoms with E-state index in [1.165, 1.54) is 24.0 Å². The summed E-state index contributed by atoms with van der Waals surface area (Å²) < 4.78 is 0. The van der Waals surface area contributed by atoms with E-state index in [1.807, 2.05) is 6.07 Å². The molecule has 2 aliphatic rings. The van der Waals surface area contributed by atoms with Gasteiger partial charge in [-0.15, -0.1) is 0 Å². The first-order valence-corrected chi connectivity index (χ1v) is 7.38. The van der Waals surface area contributed by atoms with E-state index in [0.29, 0.717) is 5.92 Å². The molecule has 0 spiro atoms. The number of carbonyl (C=O) groups is 1. The largest absolute Gasteiger partial charge is 0.326 e. The number of fused-ring (bicyclic) bond motifs is 1. The third-order valence-corrected chi connectivity index (χ3v) is 4.60. The molecule has 2 unspecified atom stereocenters. The molecule has 2 atom stereocenters. The Morgan fingerprint density at radius 3 is 3.05 bits per heavy atom. The van der Waals surface area contributed by atoms with Gasteiger partial charge in [0.25, 0.3) is 0 Å². The van der Waals surface area contributed by atoms with Gasteiger partial charge in [0, 0.05) is 18.2 Å². The quantitative estimate of drug-likeness (QED) is 0.856. The molecule has 19 heavy (non-hydrogen) atoms. The van der Waals surface area contributed by atoms with Crippen LogP contribution >= 0.6 is 0 Å². The normalized spacial score (nSPS) is 25.9. The molecule has 1 fully saturated rings. The first kappa shape index (κ1) is 12.7. The van der Waals surface area contributed by atoms with Gasteiger partial charge in [0.1, 0.15) is 0 Å². The summed E-state index contributed by atoms with van der Waals surface area (Å²) in [5.41, 5.74) is 3.65. The molecule has 1 aliphatic carbocycles. The molecule has 0 bridgehead atoms. The Morgan fingerprint density at radius 2 is 2.26 bits per heavy atom. The number of benzene rings is 1. The minimum absolute atomic E-state index is 0.201. The molecule has 1 aliphatic heterocycles. The predicted molar refractivity (Wildman–Crippen MR) is 77.0 cm³/mol. The average Bonchev–Trinajstić information content (AvgIpc) is 2.85. The van der Waals surface area contributed by atoms with E-state index in [1.54, 1.807) is 0 Å². The highest BCUT2D eigenvalue weighted by Gasteiger charge is 2.30. The van der Waals surface area contributed by atoms with Crippen LogP contribution in [0.25, 0.3) is 0 Å². The van der Waals surface area contributed by atoms with Gasteiger partial charge in [-0.1, -0.05) is 25.5 Å². The van der Waals surface area contributed by atoms with Gasteiger partial charge in [-0.05, 0) is 48.9 Å². The summed E-state index contributed by atoms with van der Waals surface area (Å²) in [5, 5.41) is 6.55. The minimum Gasteiger partial charge on any atom is -0.326 e. The summed E-state index contributed by atoms with van der Waals surface area (Å²) >= 11 is 0. The summed E-state index contributed by atoms with van der Waals surface area (Å²) in [6.07, 6.45) is 4.47. The van der Waals surface area contributed by atoms with Gasteiger partial charge in [0.05, 0.1) is 0 Å². The second-order valence-corrected chi connectivity index (χ2v) is 5.87. The molecule has 2 N–H and O–H groups in total. The van der Waals surface area contributed by atoms with Crippen LogP contribution in [0.15, 0.2) is 18.2 Å². The predicted octanol–water partition coefficient (Wildman–Crippen LogP) is 2.71. The number of nitrogens with one attached hydrogen (secondary N) is 2. The van der Waals surface area contributed by atoms with Crippen LogP contribution in [-0.4, -0.2) is 12.5 Å². The molecule has 102 valence electrons. The molecular formula is C16H22N2O. The van der Waals surface area contributed by atoms with Crippen molar-refractivity contribution in [3.05, 3.63) is 29.3 Å². The molecular weight excluding hydrogens is 236 g/mol. The summed E-state index contributed by atoms with van der Waals surface area (Å²) in [7, 11) is 0. The lowest BCUT2D eigenvalue weighted by molar-refractivity contribution is -0.120. The van der Waals surface area contributed by atoms with E-state index in [2.05, 4.69) is 29.7 Å². The van der Waals surface area contributed by atoms with Gasteiger partial charge in [-0.2, -0.15) is 0 Å². The van der Waals surface area contributed by atoms with Crippen LogP contribution in [0.3, 0.4) is 0 Å². The number of carbonyl (C=O) groups excluding carboxylic acids is 1. The average molecular weight is 258 g/mol. The van der Waals surface area contributed by atoms with Gasteiger partial charge >= 0.3 is 0 Å². The summed E-state index contributed by atoms with van der Waals surface area (Å²) in [6.45, 7) is 4.09. The Morgan fingerprint density at radius 1 is 1.37 bits per heavy atom. The fourth-order valence-electron chi connectivity index (χ4n) is 3.39. The summed E-state index contributed by atoms with van der Waals surface area (Å²) in [5.74, 6) is 0.939. The van der Waals surface area contributed by atoms with Crippen molar-refractivity contribution in [3.8, 4) is 0 Å². The Hall–Kier alpha value is -1.35. The maximum atomic E-state index is 12.4. The highest BCUT2D eigenvalue weighted by molar-refractivity contribution is 5.93. The van der Waals surface area contributed by atoms with Crippen molar-refractivity contribution in [2.75, 3.05) is 11.9 Å². The van der Waals surface area contributed by atoms with Crippen LogP contribution in [0.4, 0.5) is 5.69 Å². The van der Waals surface area contributed by atoms with Crippen molar-refractivity contribution in [2.24, 2.45) is 11.8 Å². The highest BCUT2D eigenvalue weighted by atomic mass is 16.1. The second kappa shape index (κ2) is 5.33. The molecule has 1 aromatic rings. The Bertz CT molecular complexity index is 484. The third kappa shape index (κ3) is 2.52. The van der Waals surface area contributed by atoms with E-state index in [0.717, 1.165) is 31.6 Å². The molecule has 3 nitrogen and oxygen atoms in total. The second-order valence-electron chi connectivity index (χ2n) is 5.87. The summed E-state index contributed by atoms with van der Waals surface area (Å²) in [6, 6.07) is 6.26. The molecule has 1 heterocycles. The van der Waals surface area contributed by atoms with Crippen molar-refractivity contribution in [3.63, 3.8) is 0 Å². The van der Waals surface area contributed by atoms with Gasteiger partial charge in [-0.3, -0.25) is 4.79 Å². The standard InChI is InChI=1S/C16H22N2O/c1-11-4-2-6-13(11)16(19)18-15-7-3-5-12-8-9-17-10-14(12)15/h3,5,7,11,13,17H,2,4,6,8-10H2,1H3,(H,18,19). The maximum absolute atomic E-state index is 12.4. The topological polar surface area (TPSA) is 41.1 Å². The molecule has 0 aromatic heterocycles. The molecule has 3 heteroatoms. The Balaban J connectivity index is 1.78. The zero-order valence-corrected chi connectivity index (χ0v) is 11.5. The van der Waals surface area contributed by atoms with Gasteiger partial charge in [-0.25, -0.2) is 0 Å². The van der Waals surface area contributed by atoms with E-state index in [9.17, 15) is 4.79 Å². The molecule has 3 rings (SSSR count). The maximum Gasteiger partial charge on any atom is 0.227 e. The van der Waals surface area contributed by atoms with Crippen LogP contribution in [-0.2, 0) is 17.8 Å². The number of anilines is 1. The zero-order valence-electron chi connectivity index (χ0n) is 11.5. The third-order valence-electron chi connectivity index (χ3n) is 4.60. The molecule has 0 saturated heterocycles. The van der Waals surface area contributed by atoms with Crippen LogP contribution < -0.4 is 10.6 Å². The van der Waals surface area contributed by atoms with Gasteiger partial charge in [0.15, 0.2) is 0 Å². The van der Waals surface area contributed by atoms with E-state index >= 15 is 0 Å². The first-order chi connectivity index (χ1) is 9.25. The summed E-state index contributed by atoms with van der Waals surface area (Å²) in [4.78, 5) is 12.4. The Kier molecular flexibility index (Phi) is 3.56. The van der Waals surface area contributed by atoms with Crippen LogP contribution in [0, 0.1) is 11.8 Å². The van der Waals surface area contributed by atoms with Crippen molar-refractivity contribution in [1.29, 1.82) is 0 Å². The number of hydrogen-bond acceptors (Lipinski definition) is 2. The fourth-order valence-corrected chi connectivity index (χ4v) is 3.39. The lowest BCUT2D eigenvalue weighted by Gasteiger charge is -2.22. The number of rotatable bonds is 2. The van der Waals surface area contributed by atoms with Gasteiger partial charge < -0.3 is 10.6 Å². The first-order valence-electron chi connectivity index (χ1n) is 7.38. The lowest BCUT2D eigenvalue weighted by atomic mass is 9.96. The van der Waals surface area contributed by atoms with E-state index in [4.69, 9.17) is 0 Å². The number of hydrogen-bond donors (Lipinski definition) is 2. The highest BCUT2D eigenvalue weighted by Crippen LogP contribution is 2.32. The van der Waals surface area contributed by atoms with Crippen LogP contribution in [0.5, 0.6) is 0 Å². The minimum atomic E-state index is 0.201. The fraction of sp³-hybridized carbons (Fsp3) is 0.562. The van der Waals surface area contributed by atoms with E-state index in [-0.39, 0.29) is 11.8 Å². The monoisotopic (exact) mass is 258 g/mol. The Labute approximate surface area is 114 Å². The van der Waals surface area contributed by atoms with Crippen molar-refractivity contribution in [1.82, 2.24) is 5.32 Å². The van der Waals surface area contributed by atoms with Crippen molar-refractivity contribution < 1.29 is 4.79 Å². The van der Waals surface area contributed by atoms with Gasteiger partial charge in [0.2, 0.25) is 5.91 Å². The smallest absolute Gasteiger partial charge is 0.227 e. The van der Waals surface area contributed by atoms with E-state index < -0.39 is 0 Å². The van der Waals surface area contributed by atoms with Crippen LogP contribution in [0.2, 0.25) is 0 Å². The molecule has 1 aromatic carbocycles. The van der Waals surface area contributed by atoms with Crippen LogP contribution in [0.1, 0.15) is 37.3 Å². The zero-order chi connectivity index (χ0) is 13.2. The lowest BCUT2D eigenvalue weighted by Crippen LogP contribution is -2.28. The van der Waals surface area contributed by atoms with Crippen molar-refractivity contribution in [2.45, 2.75) is 39.2 Å².